The molecule has 2 aliphatic rings. The predicted molar refractivity (Wildman–Crippen MR) is 104 cm³/mol. The molecule has 0 radical (unpaired) electrons. The number of carbonyl (C=O) groups is 1. The highest BCUT2D eigenvalue weighted by molar-refractivity contribution is 6.32. The van der Waals surface area contributed by atoms with Gasteiger partial charge in [-0.3, -0.25) is 4.90 Å². The Morgan fingerprint density at radius 3 is 2.81 bits per heavy atom. The van der Waals surface area contributed by atoms with Crippen molar-refractivity contribution in [1.82, 2.24) is 9.88 Å². The molecule has 2 aliphatic heterocycles. The van der Waals surface area contributed by atoms with E-state index < -0.39 is 0 Å². The lowest BCUT2D eigenvalue weighted by Crippen LogP contribution is -2.38. The standard InChI is InChI=1S/C20H22ClN3O3/c1-26-15-8-6-14(7-9-15)4-3-11-24-17-12-23(13-18(17)27-20(24)25)19-16(21)5-2-10-22-19/h2,5-10,17-18H,3-4,11-13H2,1H3/t17-,18+/m1/s1. The number of benzene rings is 1. The van der Waals surface area contributed by atoms with Gasteiger partial charge in [0.05, 0.1) is 24.7 Å². The maximum atomic E-state index is 12.3. The molecule has 1 amide bonds. The fraction of sp³-hybridized carbons (Fsp3) is 0.400. The summed E-state index contributed by atoms with van der Waals surface area (Å²) in [5.74, 6) is 1.60. The van der Waals surface area contributed by atoms with E-state index in [1.165, 1.54) is 5.56 Å². The van der Waals surface area contributed by atoms with Crippen LogP contribution in [0.3, 0.4) is 0 Å². The van der Waals surface area contributed by atoms with E-state index in [9.17, 15) is 4.79 Å². The van der Waals surface area contributed by atoms with Crippen LogP contribution in [0.1, 0.15) is 12.0 Å². The van der Waals surface area contributed by atoms with Crippen molar-refractivity contribution < 1.29 is 14.3 Å². The molecule has 7 heteroatoms. The van der Waals surface area contributed by atoms with Crippen LogP contribution in [0.4, 0.5) is 10.6 Å². The number of rotatable bonds is 6. The van der Waals surface area contributed by atoms with Crippen LogP contribution in [0.2, 0.25) is 5.02 Å². The number of hydrogen-bond acceptors (Lipinski definition) is 5. The van der Waals surface area contributed by atoms with Gasteiger partial charge in [0.25, 0.3) is 0 Å². The number of anilines is 1. The van der Waals surface area contributed by atoms with Crippen LogP contribution in [-0.4, -0.2) is 54.9 Å². The van der Waals surface area contributed by atoms with Crippen molar-refractivity contribution in [2.75, 3.05) is 31.6 Å². The molecule has 0 N–H and O–H groups in total. The van der Waals surface area contributed by atoms with Crippen LogP contribution in [-0.2, 0) is 11.2 Å². The first-order valence-electron chi connectivity index (χ1n) is 9.11. The lowest BCUT2D eigenvalue weighted by Gasteiger charge is -2.23. The molecule has 4 rings (SSSR count). The van der Waals surface area contributed by atoms with Gasteiger partial charge in [-0.05, 0) is 42.7 Å². The average molecular weight is 388 g/mol. The minimum atomic E-state index is -0.216. The van der Waals surface area contributed by atoms with E-state index in [1.807, 2.05) is 29.2 Å². The van der Waals surface area contributed by atoms with Crippen molar-refractivity contribution in [3.8, 4) is 5.75 Å². The first-order valence-corrected chi connectivity index (χ1v) is 9.49. The Labute approximate surface area is 163 Å². The smallest absolute Gasteiger partial charge is 0.410 e. The Balaban J connectivity index is 1.36. The first-order chi connectivity index (χ1) is 13.2. The molecule has 1 aromatic carbocycles. The summed E-state index contributed by atoms with van der Waals surface area (Å²) in [4.78, 5) is 20.6. The first kappa shape index (κ1) is 17.9. The van der Waals surface area contributed by atoms with Crippen molar-refractivity contribution in [2.45, 2.75) is 25.0 Å². The summed E-state index contributed by atoms with van der Waals surface area (Å²) in [5, 5.41) is 0.620. The van der Waals surface area contributed by atoms with Gasteiger partial charge < -0.3 is 14.4 Å². The van der Waals surface area contributed by atoms with Gasteiger partial charge in [-0.1, -0.05) is 23.7 Å². The zero-order valence-corrected chi connectivity index (χ0v) is 15.9. The number of hydrogen-bond donors (Lipinski definition) is 0. The van der Waals surface area contributed by atoms with Crippen LogP contribution in [0.25, 0.3) is 0 Å². The Hall–Kier alpha value is -2.47. The summed E-state index contributed by atoms with van der Waals surface area (Å²) in [6.07, 6.45) is 3.17. The van der Waals surface area contributed by atoms with Crippen molar-refractivity contribution in [3.05, 3.63) is 53.2 Å². The molecule has 0 bridgehead atoms. The number of aryl methyl sites for hydroxylation is 1. The maximum absolute atomic E-state index is 12.3. The number of nitrogens with zero attached hydrogens (tertiary/aromatic N) is 3. The van der Waals surface area contributed by atoms with E-state index in [1.54, 1.807) is 13.3 Å². The Bertz CT molecular complexity index is 814. The number of halogens is 1. The molecule has 2 aromatic rings. The van der Waals surface area contributed by atoms with Crippen LogP contribution in [0.5, 0.6) is 5.75 Å². The summed E-state index contributed by atoms with van der Waals surface area (Å²) < 4.78 is 10.8. The Kier molecular flexibility index (Phi) is 5.07. The molecule has 2 fully saturated rings. The van der Waals surface area contributed by atoms with Gasteiger partial charge in [0.2, 0.25) is 0 Å². The highest BCUT2D eigenvalue weighted by Gasteiger charge is 2.47. The lowest BCUT2D eigenvalue weighted by atomic mass is 10.1. The molecule has 27 heavy (non-hydrogen) atoms. The van der Waals surface area contributed by atoms with E-state index >= 15 is 0 Å². The third kappa shape index (κ3) is 3.67. The Morgan fingerprint density at radius 1 is 1.26 bits per heavy atom. The van der Waals surface area contributed by atoms with Crippen molar-refractivity contribution in [1.29, 1.82) is 0 Å². The fourth-order valence-corrected chi connectivity index (χ4v) is 4.03. The summed E-state index contributed by atoms with van der Waals surface area (Å²) in [5.41, 5.74) is 1.23. The summed E-state index contributed by atoms with van der Waals surface area (Å²) >= 11 is 6.26. The molecule has 0 spiro atoms. The second-order valence-corrected chi connectivity index (χ2v) is 7.26. The summed E-state index contributed by atoms with van der Waals surface area (Å²) in [6.45, 7) is 1.99. The predicted octanol–water partition coefficient (Wildman–Crippen LogP) is 3.39. The molecule has 1 aromatic heterocycles. The zero-order valence-electron chi connectivity index (χ0n) is 15.2. The van der Waals surface area contributed by atoms with E-state index in [4.69, 9.17) is 21.1 Å². The molecular formula is C20H22ClN3O3. The van der Waals surface area contributed by atoms with Gasteiger partial charge in [-0.15, -0.1) is 0 Å². The number of fused-ring (bicyclic) bond motifs is 1. The number of methoxy groups -OCH3 is 1. The minimum Gasteiger partial charge on any atom is -0.497 e. The van der Waals surface area contributed by atoms with Crippen LogP contribution in [0.15, 0.2) is 42.6 Å². The van der Waals surface area contributed by atoms with E-state index in [-0.39, 0.29) is 18.2 Å². The number of amides is 1. The third-order valence-corrected chi connectivity index (χ3v) is 5.48. The lowest BCUT2D eigenvalue weighted by molar-refractivity contribution is 0.135. The second-order valence-electron chi connectivity index (χ2n) is 6.85. The van der Waals surface area contributed by atoms with Gasteiger partial charge >= 0.3 is 6.09 Å². The third-order valence-electron chi connectivity index (χ3n) is 5.19. The van der Waals surface area contributed by atoms with Crippen molar-refractivity contribution in [3.63, 3.8) is 0 Å². The van der Waals surface area contributed by atoms with Gasteiger partial charge in [0.15, 0.2) is 0 Å². The fourth-order valence-electron chi connectivity index (χ4n) is 3.79. The number of aromatic nitrogens is 1. The molecule has 0 saturated carbocycles. The van der Waals surface area contributed by atoms with Crippen LogP contribution < -0.4 is 9.64 Å². The van der Waals surface area contributed by atoms with Gasteiger partial charge in [0.1, 0.15) is 17.7 Å². The maximum Gasteiger partial charge on any atom is 0.410 e. The normalized spacial score (nSPS) is 21.3. The highest BCUT2D eigenvalue weighted by Crippen LogP contribution is 2.32. The molecule has 6 nitrogen and oxygen atoms in total. The molecule has 0 unspecified atom stereocenters. The van der Waals surface area contributed by atoms with Crippen LogP contribution in [0, 0.1) is 0 Å². The van der Waals surface area contributed by atoms with Crippen LogP contribution >= 0.6 is 11.6 Å². The molecule has 2 saturated heterocycles. The quantitative estimate of drug-likeness (QED) is 0.760. The minimum absolute atomic E-state index is 0.0476. The summed E-state index contributed by atoms with van der Waals surface area (Å²) in [7, 11) is 1.66. The van der Waals surface area contributed by atoms with E-state index in [2.05, 4.69) is 22.0 Å². The van der Waals surface area contributed by atoms with E-state index in [0.717, 1.165) is 24.4 Å². The topological polar surface area (TPSA) is 54.9 Å². The van der Waals surface area contributed by atoms with Crippen molar-refractivity contribution >= 4 is 23.5 Å². The van der Waals surface area contributed by atoms with Gasteiger partial charge in [-0.25, -0.2) is 9.78 Å². The highest BCUT2D eigenvalue weighted by atomic mass is 35.5. The van der Waals surface area contributed by atoms with Gasteiger partial charge in [-0.2, -0.15) is 0 Å². The zero-order chi connectivity index (χ0) is 18.8. The average Bonchev–Trinajstić information content (AvgIpc) is 3.21. The molecule has 0 aliphatic carbocycles. The largest absolute Gasteiger partial charge is 0.497 e. The SMILES string of the molecule is COc1ccc(CCCN2C(=O)O[C@H]3CN(c4ncccc4Cl)C[C@H]32)cc1. The molecule has 2 atom stereocenters. The number of carbonyl (C=O) groups excluding carboxylic acids is 1. The number of ether oxygens (including phenoxy) is 2. The second kappa shape index (κ2) is 7.64. The van der Waals surface area contributed by atoms with Gasteiger partial charge in [0, 0.05) is 19.3 Å². The monoisotopic (exact) mass is 387 g/mol. The molecule has 3 heterocycles. The Morgan fingerprint density at radius 2 is 2.07 bits per heavy atom. The molecular weight excluding hydrogens is 366 g/mol. The molecule has 142 valence electrons. The van der Waals surface area contributed by atoms with Crippen molar-refractivity contribution in [2.24, 2.45) is 0 Å². The number of pyridine rings is 1. The summed E-state index contributed by atoms with van der Waals surface area (Å²) in [6, 6.07) is 11.7. The van der Waals surface area contributed by atoms with E-state index in [0.29, 0.717) is 24.7 Å².